The van der Waals surface area contributed by atoms with Crippen LogP contribution in [0.25, 0.3) is 0 Å². The molecule has 0 saturated carbocycles. The van der Waals surface area contributed by atoms with Crippen LogP contribution in [0.1, 0.15) is 23.8 Å². The van der Waals surface area contributed by atoms with Gasteiger partial charge in [-0.25, -0.2) is 0 Å². The number of nitrogens with one attached hydrogen (secondary N) is 1. The monoisotopic (exact) mass is 280 g/mol. The van der Waals surface area contributed by atoms with Crippen LogP contribution >= 0.6 is 0 Å². The second-order valence-corrected chi connectivity index (χ2v) is 4.75. The highest BCUT2D eigenvalue weighted by molar-refractivity contribution is 5.92. The van der Waals surface area contributed by atoms with Crippen molar-refractivity contribution in [2.45, 2.75) is 19.4 Å². The van der Waals surface area contributed by atoms with Crippen LogP contribution in [-0.2, 0) is 0 Å². The molecule has 0 spiro atoms. The number of hydrogen-bond acceptors (Lipinski definition) is 5. The Kier molecular flexibility index (Phi) is 4.57. The Balaban J connectivity index is 1.94. The molecule has 1 saturated heterocycles. The number of rotatable bonds is 4. The Morgan fingerprint density at radius 3 is 2.75 bits per heavy atom. The van der Waals surface area contributed by atoms with Gasteiger partial charge in [-0.1, -0.05) is 12.1 Å². The summed E-state index contributed by atoms with van der Waals surface area (Å²) in [4.78, 5) is 16.1. The maximum absolute atomic E-state index is 12.1. The molecule has 1 aliphatic rings. The molecule has 8 nitrogen and oxygen atoms in total. The van der Waals surface area contributed by atoms with E-state index in [0.717, 1.165) is 6.42 Å². The predicted molar refractivity (Wildman–Crippen MR) is 73.6 cm³/mol. The minimum atomic E-state index is -0.0793. The SMILES string of the molecule is CCC(C(N)=NO)N1CCN(C(=O)c2ccn[nH]2)CC1. The molecule has 0 aliphatic carbocycles. The van der Waals surface area contributed by atoms with Gasteiger partial charge in [0.15, 0.2) is 5.84 Å². The summed E-state index contributed by atoms with van der Waals surface area (Å²) in [6, 6.07) is 1.59. The Bertz CT molecular complexity index is 464. The number of aromatic nitrogens is 2. The second kappa shape index (κ2) is 6.38. The molecule has 1 aliphatic heterocycles. The van der Waals surface area contributed by atoms with Crippen molar-refractivity contribution in [3.8, 4) is 0 Å². The molecule has 1 aromatic heterocycles. The summed E-state index contributed by atoms with van der Waals surface area (Å²) < 4.78 is 0. The molecule has 1 amide bonds. The molecular weight excluding hydrogens is 260 g/mol. The molecule has 1 unspecified atom stereocenters. The molecule has 1 atom stereocenters. The summed E-state index contributed by atoms with van der Waals surface area (Å²) in [7, 11) is 0. The number of carbonyl (C=O) groups excluding carboxylic acids is 1. The van der Waals surface area contributed by atoms with Crippen LogP contribution in [0.4, 0.5) is 0 Å². The maximum Gasteiger partial charge on any atom is 0.271 e. The van der Waals surface area contributed by atoms with Gasteiger partial charge in [-0.05, 0) is 12.5 Å². The highest BCUT2D eigenvalue weighted by Crippen LogP contribution is 2.11. The highest BCUT2D eigenvalue weighted by Gasteiger charge is 2.28. The number of aromatic amines is 1. The van der Waals surface area contributed by atoms with Crippen molar-refractivity contribution in [1.82, 2.24) is 20.0 Å². The molecule has 0 radical (unpaired) electrons. The third kappa shape index (κ3) is 2.90. The minimum absolute atomic E-state index is 0.0426. The Morgan fingerprint density at radius 1 is 1.55 bits per heavy atom. The lowest BCUT2D eigenvalue weighted by Crippen LogP contribution is -2.55. The van der Waals surface area contributed by atoms with Gasteiger partial charge in [-0.3, -0.25) is 14.8 Å². The van der Waals surface area contributed by atoms with Crippen LogP contribution in [0.3, 0.4) is 0 Å². The largest absolute Gasteiger partial charge is 0.409 e. The Labute approximate surface area is 117 Å². The zero-order valence-corrected chi connectivity index (χ0v) is 11.5. The molecule has 8 heteroatoms. The van der Waals surface area contributed by atoms with Gasteiger partial charge in [0.2, 0.25) is 0 Å². The lowest BCUT2D eigenvalue weighted by atomic mass is 10.1. The minimum Gasteiger partial charge on any atom is -0.409 e. The molecule has 20 heavy (non-hydrogen) atoms. The van der Waals surface area contributed by atoms with Crippen molar-refractivity contribution < 1.29 is 10.0 Å². The van der Waals surface area contributed by atoms with Gasteiger partial charge in [-0.2, -0.15) is 5.10 Å². The van der Waals surface area contributed by atoms with Crippen molar-refractivity contribution in [3.05, 3.63) is 18.0 Å². The number of carbonyl (C=O) groups is 1. The van der Waals surface area contributed by atoms with E-state index in [1.54, 1.807) is 17.2 Å². The average molecular weight is 280 g/mol. The predicted octanol–water partition coefficient (Wildman–Crippen LogP) is -0.307. The second-order valence-electron chi connectivity index (χ2n) is 4.75. The van der Waals surface area contributed by atoms with Crippen molar-refractivity contribution in [1.29, 1.82) is 0 Å². The van der Waals surface area contributed by atoms with Crippen LogP contribution in [0.2, 0.25) is 0 Å². The van der Waals surface area contributed by atoms with Crippen LogP contribution < -0.4 is 5.73 Å². The number of amidine groups is 1. The van der Waals surface area contributed by atoms with Gasteiger partial charge in [0.05, 0.1) is 6.04 Å². The van der Waals surface area contributed by atoms with E-state index in [0.29, 0.717) is 31.9 Å². The van der Waals surface area contributed by atoms with Crippen molar-refractivity contribution in [3.63, 3.8) is 0 Å². The van der Waals surface area contributed by atoms with Gasteiger partial charge in [0.25, 0.3) is 5.91 Å². The van der Waals surface area contributed by atoms with Crippen LogP contribution in [0, 0.1) is 0 Å². The first-order valence-corrected chi connectivity index (χ1v) is 6.67. The lowest BCUT2D eigenvalue weighted by Gasteiger charge is -2.38. The van der Waals surface area contributed by atoms with E-state index in [1.165, 1.54) is 0 Å². The van der Waals surface area contributed by atoms with E-state index in [4.69, 9.17) is 10.9 Å². The van der Waals surface area contributed by atoms with Crippen LogP contribution in [0.15, 0.2) is 17.4 Å². The van der Waals surface area contributed by atoms with E-state index in [9.17, 15) is 4.79 Å². The first kappa shape index (κ1) is 14.3. The third-order valence-corrected chi connectivity index (χ3v) is 3.62. The number of amides is 1. The maximum atomic E-state index is 12.1. The van der Waals surface area contributed by atoms with E-state index in [1.807, 2.05) is 6.92 Å². The molecule has 1 aromatic rings. The van der Waals surface area contributed by atoms with E-state index in [-0.39, 0.29) is 17.8 Å². The molecule has 0 bridgehead atoms. The van der Waals surface area contributed by atoms with Gasteiger partial charge >= 0.3 is 0 Å². The molecule has 2 heterocycles. The first-order chi connectivity index (χ1) is 9.67. The standard InChI is InChI=1S/C12H20N6O2/c1-2-10(11(13)16-20)17-5-7-18(8-6-17)12(19)9-3-4-14-15-9/h3-4,10,20H,2,5-8H2,1H3,(H2,13,16)(H,14,15). The summed E-state index contributed by atoms with van der Waals surface area (Å²) in [5, 5.41) is 18.3. The summed E-state index contributed by atoms with van der Waals surface area (Å²) in [6.45, 7) is 4.63. The molecule has 110 valence electrons. The van der Waals surface area contributed by atoms with Crippen molar-refractivity contribution in [2.24, 2.45) is 10.9 Å². The number of nitrogens with zero attached hydrogens (tertiary/aromatic N) is 4. The fraction of sp³-hybridized carbons (Fsp3) is 0.583. The summed E-state index contributed by atoms with van der Waals surface area (Å²) in [6.07, 6.45) is 2.33. The fourth-order valence-electron chi connectivity index (χ4n) is 2.50. The lowest BCUT2D eigenvalue weighted by molar-refractivity contribution is 0.0603. The Hall–Kier alpha value is -2.09. The number of nitrogens with two attached hydrogens (primary N) is 1. The third-order valence-electron chi connectivity index (χ3n) is 3.62. The average Bonchev–Trinajstić information content (AvgIpc) is 3.02. The van der Waals surface area contributed by atoms with Gasteiger partial charge < -0.3 is 15.8 Å². The van der Waals surface area contributed by atoms with Gasteiger partial charge in [0.1, 0.15) is 5.69 Å². The van der Waals surface area contributed by atoms with Gasteiger partial charge in [-0.15, -0.1) is 0 Å². The smallest absolute Gasteiger partial charge is 0.271 e. The summed E-state index contributed by atoms with van der Waals surface area (Å²) >= 11 is 0. The molecule has 4 N–H and O–H groups in total. The molecule has 0 aromatic carbocycles. The fourth-order valence-corrected chi connectivity index (χ4v) is 2.50. The number of hydrogen-bond donors (Lipinski definition) is 3. The summed E-state index contributed by atoms with van der Waals surface area (Å²) in [5.41, 5.74) is 6.20. The Morgan fingerprint density at radius 2 is 2.25 bits per heavy atom. The van der Waals surface area contributed by atoms with Crippen molar-refractivity contribution >= 4 is 11.7 Å². The number of oxime groups is 1. The number of H-pyrrole nitrogens is 1. The van der Waals surface area contributed by atoms with Crippen LogP contribution in [0.5, 0.6) is 0 Å². The quantitative estimate of drug-likeness (QED) is 0.303. The molecule has 2 rings (SSSR count). The normalized spacial score (nSPS) is 19.1. The van der Waals surface area contributed by atoms with Crippen LogP contribution in [-0.4, -0.2) is 69.2 Å². The van der Waals surface area contributed by atoms with Crippen molar-refractivity contribution in [2.75, 3.05) is 26.2 Å². The number of piperazine rings is 1. The molecule has 1 fully saturated rings. The van der Waals surface area contributed by atoms with E-state index >= 15 is 0 Å². The zero-order valence-electron chi connectivity index (χ0n) is 11.5. The first-order valence-electron chi connectivity index (χ1n) is 6.67. The van der Waals surface area contributed by atoms with Gasteiger partial charge in [0, 0.05) is 32.4 Å². The van der Waals surface area contributed by atoms with E-state index < -0.39 is 0 Å². The molecular formula is C12H20N6O2. The topological polar surface area (TPSA) is 111 Å². The zero-order chi connectivity index (χ0) is 14.5. The highest BCUT2D eigenvalue weighted by atomic mass is 16.4. The van der Waals surface area contributed by atoms with E-state index in [2.05, 4.69) is 20.3 Å². The summed E-state index contributed by atoms with van der Waals surface area (Å²) in [5.74, 6) is 0.180.